The average Bonchev–Trinajstić information content (AvgIpc) is 2.12. The van der Waals surface area contributed by atoms with Crippen LogP contribution in [0.3, 0.4) is 0 Å². The Morgan fingerprint density at radius 1 is 1.36 bits per heavy atom. The molecule has 5 heteroatoms. The first-order valence-corrected chi connectivity index (χ1v) is 4.82. The first kappa shape index (κ1) is 11.5. The maximum absolute atomic E-state index is 13.3. The van der Waals surface area contributed by atoms with Crippen LogP contribution in [-0.2, 0) is 6.54 Å². The monoisotopic (exact) mass is 267 g/mol. The quantitative estimate of drug-likeness (QED) is 0.885. The van der Waals surface area contributed by atoms with Gasteiger partial charge in [0.2, 0.25) is 0 Å². The van der Waals surface area contributed by atoms with E-state index < -0.39 is 18.8 Å². The summed E-state index contributed by atoms with van der Waals surface area (Å²) in [6.07, 6.45) is -2.41. The van der Waals surface area contributed by atoms with Crippen LogP contribution in [0, 0.1) is 5.82 Å². The molecule has 0 aliphatic rings. The Bertz CT molecular complexity index is 304. The molecule has 0 saturated heterocycles. The fourth-order valence-electron chi connectivity index (χ4n) is 1.00. The van der Waals surface area contributed by atoms with Crippen LogP contribution in [0.4, 0.5) is 13.2 Å². The summed E-state index contributed by atoms with van der Waals surface area (Å²) in [5, 5.41) is 2.46. The largest absolute Gasteiger partial charge is 0.307 e. The van der Waals surface area contributed by atoms with Gasteiger partial charge in [0.15, 0.2) is 0 Å². The summed E-state index contributed by atoms with van der Waals surface area (Å²) >= 11 is 3.02. The number of nitrogens with one attached hydrogen (secondary N) is 1. The lowest BCUT2D eigenvalue weighted by Crippen LogP contribution is -2.21. The van der Waals surface area contributed by atoms with E-state index in [1.165, 1.54) is 0 Å². The molecular weight excluding hydrogens is 259 g/mol. The van der Waals surface area contributed by atoms with Crippen molar-refractivity contribution in [2.75, 3.05) is 6.54 Å². The molecule has 0 unspecified atom stereocenters. The predicted molar refractivity (Wildman–Crippen MR) is 51.8 cm³/mol. The first-order chi connectivity index (χ1) is 6.61. The van der Waals surface area contributed by atoms with Gasteiger partial charge in [0.25, 0.3) is 6.43 Å². The van der Waals surface area contributed by atoms with Crippen molar-refractivity contribution < 1.29 is 13.2 Å². The molecule has 0 aromatic heterocycles. The number of benzene rings is 1. The van der Waals surface area contributed by atoms with E-state index >= 15 is 0 Å². The van der Waals surface area contributed by atoms with Gasteiger partial charge >= 0.3 is 0 Å². The van der Waals surface area contributed by atoms with E-state index in [2.05, 4.69) is 21.2 Å². The molecule has 1 aromatic carbocycles. The van der Waals surface area contributed by atoms with Crippen LogP contribution in [0.5, 0.6) is 0 Å². The van der Waals surface area contributed by atoms with Gasteiger partial charge in [-0.05, 0) is 22.0 Å². The molecule has 1 aromatic rings. The van der Waals surface area contributed by atoms with Crippen LogP contribution in [-0.4, -0.2) is 13.0 Å². The van der Waals surface area contributed by atoms with Gasteiger partial charge in [0, 0.05) is 12.1 Å². The van der Waals surface area contributed by atoms with Gasteiger partial charge in [-0.15, -0.1) is 0 Å². The third-order valence-electron chi connectivity index (χ3n) is 1.65. The van der Waals surface area contributed by atoms with Crippen molar-refractivity contribution in [1.29, 1.82) is 0 Å². The highest BCUT2D eigenvalue weighted by Gasteiger charge is 2.06. The highest BCUT2D eigenvalue weighted by Crippen LogP contribution is 2.18. The molecule has 1 rings (SSSR count). The fourth-order valence-corrected chi connectivity index (χ4v) is 1.41. The molecule has 14 heavy (non-hydrogen) atoms. The van der Waals surface area contributed by atoms with Crippen LogP contribution >= 0.6 is 15.9 Å². The van der Waals surface area contributed by atoms with E-state index in [4.69, 9.17) is 0 Å². The van der Waals surface area contributed by atoms with Crippen molar-refractivity contribution in [2.45, 2.75) is 13.0 Å². The minimum atomic E-state index is -2.41. The molecule has 0 bridgehead atoms. The van der Waals surface area contributed by atoms with Gasteiger partial charge in [0.1, 0.15) is 5.82 Å². The Kier molecular flexibility index (Phi) is 4.41. The summed E-state index contributed by atoms with van der Waals surface area (Å²) in [4.78, 5) is 0. The maximum Gasteiger partial charge on any atom is 0.250 e. The second kappa shape index (κ2) is 5.36. The molecule has 0 spiro atoms. The average molecular weight is 268 g/mol. The van der Waals surface area contributed by atoms with E-state index in [1.807, 2.05) is 0 Å². The fraction of sp³-hybridized carbons (Fsp3) is 0.333. The lowest BCUT2D eigenvalue weighted by molar-refractivity contribution is 0.145. The summed E-state index contributed by atoms with van der Waals surface area (Å²) in [6, 6.07) is 4.77. The Balaban J connectivity index is 2.54. The molecule has 0 aliphatic carbocycles. The van der Waals surface area contributed by atoms with Gasteiger partial charge in [-0.25, -0.2) is 13.2 Å². The van der Waals surface area contributed by atoms with Crippen LogP contribution in [0.25, 0.3) is 0 Å². The number of halogens is 4. The lowest BCUT2D eigenvalue weighted by atomic mass is 10.2. The summed E-state index contributed by atoms with van der Waals surface area (Å²) in [6.45, 7) is -0.318. The first-order valence-electron chi connectivity index (χ1n) is 4.03. The van der Waals surface area contributed by atoms with E-state index in [-0.39, 0.29) is 6.54 Å². The summed E-state index contributed by atoms with van der Waals surface area (Å²) in [5.74, 6) is -0.408. The molecule has 1 N–H and O–H groups in total. The highest BCUT2D eigenvalue weighted by atomic mass is 79.9. The number of hydrogen-bond donors (Lipinski definition) is 1. The summed E-state index contributed by atoms with van der Waals surface area (Å²) in [7, 11) is 0. The Labute approximate surface area is 88.4 Å². The minimum Gasteiger partial charge on any atom is -0.307 e. The van der Waals surface area contributed by atoms with Crippen molar-refractivity contribution >= 4 is 15.9 Å². The van der Waals surface area contributed by atoms with E-state index in [0.29, 0.717) is 10.0 Å². The lowest BCUT2D eigenvalue weighted by Gasteiger charge is -2.06. The molecule has 0 amide bonds. The normalized spacial score (nSPS) is 10.9. The molecular formula is C9H9BrF3N. The topological polar surface area (TPSA) is 12.0 Å². The van der Waals surface area contributed by atoms with Crippen LogP contribution < -0.4 is 5.32 Å². The standard InChI is InChI=1S/C9H9BrF3N/c10-7-3-1-2-6(9(7)13)4-14-5-8(11)12/h1-3,8,14H,4-5H2. The second-order valence-electron chi connectivity index (χ2n) is 2.73. The van der Waals surface area contributed by atoms with Gasteiger partial charge in [-0.2, -0.15) is 0 Å². The van der Waals surface area contributed by atoms with E-state index in [9.17, 15) is 13.2 Å². The van der Waals surface area contributed by atoms with Crippen LogP contribution in [0.15, 0.2) is 22.7 Å². The number of alkyl halides is 2. The molecule has 1 nitrogen and oxygen atoms in total. The number of hydrogen-bond acceptors (Lipinski definition) is 1. The second-order valence-corrected chi connectivity index (χ2v) is 3.59. The van der Waals surface area contributed by atoms with Gasteiger partial charge < -0.3 is 5.32 Å². The molecule has 0 heterocycles. The van der Waals surface area contributed by atoms with Crippen molar-refractivity contribution in [3.05, 3.63) is 34.1 Å². The van der Waals surface area contributed by atoms with Gasteiger partial charge in [-0.1, -0.05) is 12.1 Å². The molecule has 0 aliphatic heterocycles. The summed E-state index contributed by atoms with van der Waals surface area (Å²) < 4.78 is 37.1. The van der Waals surface area contributed by atoms with Crippen LogP contribution in [0.2, 0.25) is 0 Å². The molecule has 0 fully saturated rings. The number of rotatable bonds is 4. The maximum atomic E-state index is 13.3. The zero-order chi connectivity index (χ0) is 10.6. The third kappa shape index (κ3) is 3.31. The SMILES string of the molecule is Fc1c(Br)cccc1CNCC(F)F. The highest BCUT2D eigenvalue weighted by molar-refractivity contribution is 9.10. The van der Waals surface area contributed by atoms with Crippen molar-refractivity contribution in [3.63, 3.8) is 0 Å². The molecule has 78 valence electrons. The van der Waals surface area contributed by atoms with Gasteiger partial charge in [-0.3, -0.25) is 0 Å². The van der Waals surface area contributed by atoms with E-state index in [1.54, 1.807) is 18.2 Å². The van der Waals surface area contributed by atoms with Crippen molar-refractivity contribution in [3.8, 4) is 0 Å². The smallest absolute Gasteiger partial charge is 0.250 e. The molecule has 0 radical (unpaired) electrons. The Hall–Kier alpha value is -0.550. The Morgan fingerprint density at radius 2 is 2.07 bits per heavy atom. The third-order valence-corrected chi connectivity index (χ3v) is 2.26. The summed E-state index contributed by atoms with van der Waals surface area (Å²) in [5.41, 5.74) is 0.375. The van der Waals surface area contributed by atoms with Crippen molar-refractivity contribution in [1.82, 2.24) is 5.32 Å². The van der Waals surface area contributed by atoms with Crippen LogP contribution in [0.1, 0.15) is 5.56 Å². The van der Waals surface area contributed by atoms with E-state index in [0.717, 1.165) is 0 Å². The molecule has 0 saturated carbocycles. The molecule has 0 atom stereocenters. The van der Waals surface area contributed by atoms with Crippen molar-refractivity contribution in [2.24, 2.45) is 0 Å². The Morgan fingerprint density at radius 3 is 2.71 bits per heavy atom. The zero-order valence-corrected chi connectivity index (χ0v) is 8.82. The predicted octanol–water partition coefficient (Wildman–Crippen LogP) is 2.94. The van der Waals surface area contributed by atoms with Gasteiger partial charge in [0.05, 0.1) is 11.0 Å². The zero-order valence-electron chi connectivity index (χ0n) is 7.24. The minimum absolute atomic E-state index is 0.107.